The summed E-state index contributed by atoms with van der Waals surface area (Å²) in [7, 11) is 0. The molecule has 3 atom stereocenters. The largest absolute Gasteiger partial charge is 0.416 e. The van der Waals surface area contributed by atoms with E-state index in [1.165, 1.54) is 18.6 Å². The van der Waals surface area contributed by atoms with Gasteiger partial charge in [0.05, 0.1) is 5.56 Å². The molecule has 1 nitrogen and oxygen atoms in total. The van der Waals surface area contributed by atoms with Crippen LogP contribution < -0.4 is 5.32 Å². The molecule has 1 saturated carbocycles. The molecule has 0 spiro atoms. The molecule has 1 fully saturated rings. The van der Waals surface area contributed by atoms with E-state index >= 15 is 0 Å². The van der Waals surface area contributed by atoms with Crippen LogP contribution in [0, 0.1) is 11.8 Å². The second-order valence-electron chi connectivity index (χ2n) is 6.23. The lowest BCUT2D eigenvalue weighted by Crippen LogP contribution is -2.28. The number of alkyl halides is 3. The van der Waals surface area contributed by atoms with Crippen molar-refractivity contribution in [3.05, 3.63) is 35.4 Å². The van der Waals surface area contributed by atoms with Crippen molar-refractivity contribution < 1.29 is 13.2 Å². The van der Waals surface area contributed by atoms with Crippen LogP contribution in [-0.2, 0) is 6.18 Å². The fourth-order valence-electron chi connectivity index (χ4n) is 3.29. The highest BCUT2D eigenvalue weighted by atomic mass is 19.4. The second-order valence-corrected chi connectivity index (χ2v) is 6.23. The molecule has 118 valence electrons. The molecule has 0 bridgehead atoms. The van der Waals surface area contributed by atoms with E-state index in [0.717, 1.165) is 37.3 Å². The SMILES string of the molecule is CCCNC(c1ccc(C(F)(F)F)cc1)C1CCC(C)C1. The molecule has 0 radical (unpaired) electrons. The molecule has 21 heavy (non-hydrogen) atoms. The van der Waals surface area contributed by atoms with Crippen LogP contribution in [0.25, 0.3) is 0 Å². The number of halogens is 3. The smallest absolute Gasteiger partial charge is 0.310 e. The molecule has 1 N–H and O–H groups in total. The highest BCUT2D eigenvalue weighted by Gasteiger charge is 2.32. The van der Waals surface area contributed by atoms with Crippen molar-refractivity contribution in [2.24, 2.45) is 11.8 Å². The maximum atomic E-state index is 12.7. The predicted molar refractivity (Wildman–Crippen MR) is 79.0 cm³/mol. The highest BCUT2D eigenvalue weighted by molar-refractivity contribution is 5.27. The Bertz CT molecular complexity index is 438. The highest BCUT2D eigenvalue weighted by Crippen LogP contribution is 2.39. The van der Waals surface area contributed by atoms with Gasteiger partial charge >= 0.3 is 6.18 Å². The van der Waals surface area contributed by atoms with E-state index in [2.05, 4.69) is 19.2 Å². The number of hydrogen-bond acceptors (Lipinski definition) is 1. The normalized spacial score (nSPS) is 24.2. The topological polar surface area (TPSA) is 12.0 Å². The van der Waals surface area contributed by atoms with Crippen molar-refractivity contribution in [1.29, 1.82) is 0 Å². The zero-order chi connectivity index (χ0) is 15.5. The molecular formula is C17H24F3N. The zero-order valence-corrected chi connectivity index (χ0v) is 12.7. The lowest BCUT2D eigenvalue weighted by Gasteiger charge is -2.26. The third-order valence-corrected chi connectivity index (χ3v) is 4.42. The summed E-state index contributed by atoms with van der Waals surface area (Å²) in [4.78, 5) is 0. The number of rotatable bonds is 5. The van der Waals surface area contributed by atoms with E-state index in [0.29, 0.717) is 5.92 Å². The van der Waals surface area contributed by atoms with E-state index < -0.39 is 11.7 Å². The maximum absolute atomic E-state index is 12.7. The molecule has 0 aromatic heterocycles. The maximum Gasteiger partial charge on any atom is 0.416 e. The molecule has 0 amide bonds. The van der Waals surface area contributed by atoms with Gasteiger partial charge in [-0.1, -0.05) is 32.4 Å². The van der Waals surface area contributed by atoms with Crippen LogP contribution in [0.3, 0.4) is 0 Å². The van der Waals surface area contributed by atoms with Crippen molar-refractivity contribution in [3.8, 4) is 0 Å². The Morgan fingerprint density at radius 3 is 2.33 bits per heavy atom. The van der Waals surface area contributed by atoms with Crippen LogP contribution in [0.4, 0.5) is 13.2 Å². The lowest BCUT2D eigenvalue weighted by atomic mass is 9.90. The van der Waals surface area contributed by atoms with Crippen LogP contribution >= 0.6 is 0 Å². The van der Waals surface area contributed by atoms with E-state index in [1.807, 2.05) is 0 Å². The first-order valence-corrected chi connectivity index (χ1v) is 7.82. The summed E-state index contributed by atoms with van der Waals surface area (Å²) in [6.45, 7) is 5.26. The Morgan fingerprint density at radius 2 is 1.86 bits per heavy atom. The van der Waals surface area contributed by atoms with Gasteiger partial charge in [-0.15, -0.1) is 0 Å². The van der Waals surface area contributed by atoms with Crippen molar-refractivity contribution in [1.82, 2.24) is 5.32 Å². The predicted octanol–water partition coefficient (Wildman–Crippen LogP) is 5.18. The standard InChI is InChI=1S/C17H24F3N/c1-3-10-21-16(14-5-4-12(2)11-14)13-6-8-15(9-7-13)17(18,19)20/h6-9,12,14,16,21H,3-5,10-11H2,1-2H3. The quantitative estimate of drug-likeness (QED) is 0.789. The summed E-state index contributed by atoms with van der Waals surface area (Å²) in [5.41, 5.74) is 0.413. The first kappa shape index (κ1) is 16.3. The van der Waals surface area contributed by atoms with Crippen LogP contribution in [0.5, 0.6) is 0 Å². The monoisotopic (exact) mass is 299 g/mol. The third-order valence-electron chi connectivity index (χ3n) is 4.42. The summed E-state index contributed by atoms with van der Waals surface area (Å²) in [5, 5.41) is 3.53. The molecule has 0 saturated heterocycles. The van der Waals surface area contributed by atoms with Gasteiger partial charge in [-0.25, -0.2) is 0 Å². The van der Waals surface area contributed by atoms with Crippen molar-refractivity contribution in [3.63, 3.8) is 0 Å². The van der Waals surface area contributed by atoms with Crippen LogP contribution in [-0.4, -0.2) is 6.54 Å². The Balaban J connectivity index is 2.16. The molecule has 1 aromatic carbocycles. The lowest BCUT2D eigenvalue weighted by molar-refractivity contribution is -0.137. The first-order chi connectivity index (χ1) is 9.91. The number of benzene rings is 1. The summed E-state index contributed by atoms with van der Waals surface area (Å²) in [5.74, 6) is 1.25. The van der Waals surface area contributed by atoms with Gasteiger partial charge in [-0.2, -0.15) is 13.2 Å². The van der Waals surface area contributed by atoms with Crippen molar-refractivity contribution >= 4 is 0 Å². The fourth-order valence-corrected chi connectivity index (χ4v) is 3.29. The second kappa shape index (κ2) is 6.82. The molecule has 0 aliphatic heterocycles. The molecule has 1 aromatic rings. The summed E-state index contributed by atoms with van der Waals surface area (Å²) in [6.07, 6.45) is 0.299. The Kier molecular flexibility index (Phi) is 5.31. The zero-order valence-electron chi connectivity index (χ0n) is 12.7. The van der Waals surface area contributed by atoms with Crippen molar-refractivity contribution in [2.45, 2.75) is 51.7 Å². The molecule has 1 aliphatic carbocycles. The van der Waals surface area contributed by atoms with Gasteiger partial charge in [0.2, 0.25) is 0 Å². The molecule has 2 rings (SSSR count). The van der Waals surface area contributed by atoms with Gasteiger partial charge in [0.15, 0.2) is 0 Å². The van der Waals surface area contributed by atoms with E-state index in [1.54, 1.807) is 12.1 Å². The average molecular weight is 299 g/mol. The molecule has 3 unspecified atom stereocenters. The Hall–Kier alpha value is -1.03. The van der Waals surface area contributed by atoms with Gasteiger partial charge in [0.25, 0.3) is 0 Å². The Labute approximate surface area is 124 Å². The summed E-state index contributed by atoms with van der Waals surface area (Å²) < 4.78 is 38.0. The van der Waals surface area contributed by atoms with Crippen LogP contribution in [0.1, 0.15) is 56.7 Å². The van der Waals surface area contributed by atoms with Gasteiger partial charge in [0, 0.05) is 6.04 Å². The minimum atomic E-state index is -4.26. The minimum absolute atomic E-state index is 0.178. The van der Waals surface area contributed by atoms with Gasteiger partial charge in [-0.3, -0.25) is 0 Å². The van der Waals surface area contributed by atoms with E-state index in [9.17, 15) is 13.2 Å². The third kappa shape index (κ3) is 4.22. The summed E-state index contributed by atoms with van der Waals surface area (Å²) in [6, 6.07) is 5.86. The van der Waals surface area contributed by atoms with E-state index in [-0.39, 0.29) is 6.04 Å². The fraction of sp³-hybridized carbons (Fsp3) is 0.647. The van der Waals surface area contributed by atoms with Crippen LogP contribution in [0.15, 0.2) is 24.3 Å². The first-order valence-electron chi connectivity index (χ1n) is 7.82. The Morgan fingerprint density at radius 1 is 1.19 bits per heavy atom. The van der Waals surface area contributed by atoms with E-state index in [4.69, 9.17) is 0 Å². The molecule has 0 heterocycles. The molecule has 4 heteroatoms. The minimum Gasteiger partial charge on any atom is -0.310 e. The molecular weight excluding hydrogens is 275 g/mol. The summed E-state index contributed by atoms with van der Waals surface area (Å²) >= 11 is 0. The van der Waals surface area contributed by atoms with Gasteiger partial charge < -0.3 is 5.32 Å². The average Bonchev–Trinajstić information content (AvgIpc) is 2.85. The van der Waals surface area contributed by atoms with Gasteiger partial charge in [-0.05, 0) is 55.3 Å². The van der Waals surface area contributed by atoms with Gasteiger partial charge in [0.1, 0.15) is 0 Å². The number of hydrogen-bond donors (Lipinski definition) is 1. The van der Waals surface area contributed by atoms with Crippen molar-refractivity contribution in [2.75, 3.05) is 6.54 Å². The van der Waals surface area contributed by atoms with Crippen LogP contribution in [0.2, 0.25) is 0 Å². The number of nitrogens with one attached hydrogen (secondary N) is 1. The molecule has 1 aliphatic rings.